The van der Waals surface area contributed by atoms with Crippen molar-refractivity contribution in [1.29, 1.82) is 0 Å². The summed E-state index contributed by atoms with van der Waals surface area (Å²) in [7, 11) is 0. The number of nitrogens with zero attached hydrogens (tertiary/aromatic N) is 2. The number of aromatic amines is 1. The number of anilines is 1. The highest BCUT2D eigenvalue weighted by molar-refractivity contribution is 5.90. The SMILES string of the molecule is CC(C)(CNC(=O)CCCC1=NC(c2cccc(C(F)(F)F)c2)NO1)CNc1n[nH]c(=O)c2ccccc12. The number of fused-ring (bicyclic) bond motifs is 1. The number of aliphatic imine (C=N–C) groups is 1. The summed E-state index contributed by atoms with van der Waals surface area (Å²) in [5.41, 5.74) is 1.65. The fourth-order valence-corrected chi connectivity index (χ4v) is 3.93. The molecular weight excluding hydrogens is 501 g/mol. The zero-order chi connectivity index (χ0) is 27.3. The standard InChI is InChI=1S/C26H29F3N6O3/c1-25(2,15-31-23-18-9-3-4-10-19(18)24(37)34-33-23)14-30-20(36)11-6-12-21-32-22(35-38-21)16-7-5-8-17(13-16)26(27,28)29/h3-5,7-10,13,22,35H,6,11-12,14-15H2,1-2H3,(H,30,36)(H,31,33)(H,34,37). The number of hydroxylamine groups is 1. The maximum absolute atomic E-state index is 13.0. The third kappa shape index (κ3) is 6.88. The van der Waals surface area contributed by atoms with Gasteiger partial charge in [-0.1, -0.05) is 44.2 Å². The van der Waals surface area contributed by atoms with Crippen molar-refractivity contribution in [2.75, 3.05) is 18.4 Å². The minimum Gasteiger partial charge on any atom is -0.391 e. The van der Waals surface area contributed by atoms with Crippen LogP contribution < -0.4 is 21.7 Å². The van der Waals surface area contributed by atoms with Gasteiger partial charge in [-0.05, 0) is 35.6 Å². The van der Waals surface area contributed by atoms with Crippen LogP contribution in [0, 0.1) is 5.41 Å². The smallest absolute Gasteiger partial charge is 0.391 e. The molecule has 1 atom stereocenters. The maximum Gasteiger partial charge on any atom is 0.416 e. The Morgan fingerprint density at radius 2 is 1.84 bits per heavy atom. The second-order valence-corrected chi connectivity index (χ2v) is 9.86. The van der Waals surface area contributed by atoms with Gasteiger partial charge in [-0.15, -0.1) is 5.48 Å². The lowest BCUT2D eigenvalue weighted by atomic mass is 9.93. The molecule has 0 saturated carbocycles. The van der Waals surface area contributed by atoms with Gasteiger partial charge in [0.15, 0.2) is 12.0 Å². The minimum atomic E-state index is -4.44. The van der Waals surface area contributed by atoms with Crippen LogP contribution in [-0.4, -0.2) is 35.1 Å². The number of hydrogen-bond acceptors (Lipinski definition) is 7. The summed E-state index contributed by atoms with van der Waals surface area (Å²) in [6.45, 7) is 4.91. The average Bonchev–Trinajstić information content (AvgIpc) is 3.36. The molecule has 9 nitrogen and oxygen atoms in total. The highest BCUT2D eigenvalue weighted by Crippen LogP contribution is 2.31. The van der Waals surface area contributed by atoms with Crippen molar-refractivity contribution in [2.24, 2.45) is 10.4 Å². The fraction of sp³-hybridized carbons (Fsp3) is 0.385. The Kier molecular flexibility index (Phi) is 8.00. The van der Waals surface area contributed by atoms with E-state index in [-0.39, 0.29) is 23.3 Å². The molecule has 0 fully saturated rings. The van der Waals surface area contributed by atoms with Gasteiger partial charge in [0, 0.05) is 31.3 Å². The van der Waals surface area contributed by atoms with Crippen molar-refractivity contribution in [3.63, 3.8) is 0 Å². The summed E-state index contributed by atoms with van der Waals surface area (Å²) < 4.78 is 38.9. The Hall–Kier alpha value is -3.93. The van der Waals surface area contributed by atoms with Gasteiger partial charge in [0.25, 0.3) is 5.56 Å². The van der Waals surface area contributed by atoms with E-state index in [0.717, 1.165) is 17.5 Å². The number of rotatable bonds is 10. The normalized spacial score (nSPS) is 15.7. The van der Waals surface area contributed by atoms with Crippen LogP contribution in [0.1, 0.15) is 50.4 Å². The molecule has 4 rings (SSSR count). The van der Waals surface area contributed by atoms with E-state index in [0.29, 0.717) is 48.6 Å². The van der Waals surface area contributed by atoms with Gasteiger partial charge in [-0.2, -0.15) is 18.3 Å². The van der Waals surface area contributed by atoms with Gasteiger partial charge in [0.05, 0.1) is 10.9 Å². The van der Waals surface area contributed by atoms with Crippen LogP contribution in [0.25, 0.3) is 10.8 Å². The molecule has 202 valence electrons. The molecule has 2 aromatic carbocycles. The molecule has 0 saturated heterocycles. The van der Waals surface area contributed by atoms with Crippen molar-refractivity contribution in [1.82, 2.24) is 21.0 Å². The number of hydrogen-bond donors (Lipinski definition) is 4. The first-order chi connectivity index (χ1) is 18.0. The zero-order valence-electron chi connectivity index (χ0n) is 21.0. The molecule has 0 spiro atoms. The highest BCUT2D eigenvalue weighted by atomic mass is 19.4. The minimum absolute atomic E-state index is 0.133. The zero-order valence-corrected chi connectivity index (χ0v) is 21.0. The van der Waals surface area contributed by atoms with E-state index in [9.17, 15) is 22.8 Å². The Morgan fingerprint density at radius 3 is 2.61 bits per heavy atom. The first kappa shape index (κ1) is 27.1. The van der Waals surface area contributed by atoms with E-state index in [1.165, 1.54) is 6.07 Å². The maximum atomic E-state index is 13.0. The van der Waals surface area contributed by atoms with Gasteiger partial charge in [0.1, 0.15) is 0 Å². The molecule has 0 bridgehead atoms. The predicted molar refractivity (Wildman–Crippen MR) is 137 cm³/mol. The van der Waals surface area contributed by atoms with Gasteiger partial charge in [0.2, 0.25) is 11.8 Å². The molecule has 4 N–H and O–H groups in total. The number of carbonyl (C=O) groups excluding carboxylic acids is 1. The van der Waals surface area contributed by atoms with E-state index in [1.807, 2.05) is 26.0 Å². The van der Waals surface area contributed by atoms with Crippen LogP contribution in [0.5, 0.6) is 0 Å². The van der Waals surface area contributed by atoms with Gasteiger partial charge >= 0.3 is 6.18 Å². The molecule has 1 amide bonds. The Balaban J connectivity index is 1.21. The summed E-state index contributed by atoms with van der Waals surface area (Å²) in [6, 6.07) is 12.1. The molecule has 1 aliphatic heterocycles. The number of benzene rings is 2. The molecular formula is C26H29F3N6O3. The van der Waals surface area contributed by atoms with E-state index in [1.54, 1.807) is 18.2 Å². The van der Waals surface area contributed by atoms with Crippen LogP contribution in [-0.2, 0) is 15.8 Å². The van der Waals surface area contributed by atoms with E-state index >= 15 is 0 Å². The third-order valence-electron chi connectivity index (χ3n) is 6.08. The molecule has 2 heterocycles. The fourth-order valence-electron chi connectivity index (χ4n) is 3.93. The van der Waals surface area contributed by atoms with Crippen LogP contribution >= 0.6 is 0 Å². The molecule has 1 unspecified atom stereocenters. The number of alkyl halides is 3. The first-order valence-corrected chi connectivity index (χ1v) is 12.2. The molecule has 38 heavy (non-hydrogen) atoms. The Bertz CT molecular complexity index is 1390. The topological polar surface area (TPSA) is 120 Å². The molecule has 1 aliphatic rings. The summed E-state index contributed by atoms with van der Waals surface area (Å²) >= 11 is 0. The summed E-state index contributed by atoms with van der Waals surface area (Å²) in [4.78, 5) is 33.9. The monoisotopic (exact) mass is 530 g/mol. The highest BCUT2D eigenvalue weighted by Gasteiger charge is 2.31. The molecule has 12 heteroatoms. The summed E-state index contributed by atoms with van der Waals surface area (Å²) in [6.07, 6.45) is -4.10. The second kappa shape index (κ2) is 11.2. The quantitative estimate of drug-likeness (QED) is 0.310. The predicted octanol–water partition coefficient (Wildman–Crippen LogP) is 4.30. The molecule has 0 radical (unpaired) electrons. The Labute approximate surface area is 216 Å². The van der Waals surface area contributed by atoms with E-state index < -0.39 is 17.9 Å². The lowest BCUT2D eigenvalue weighted by Gasteiger charge is -2.26. The number of carbonyl (C=O) groups is 1. The Morgan fingerprint density at radius 1 is 1.08 bits per heavy atom. The first-order valence-electron chi connectivity index (χ1n) is 12.2. The summed E-state index contributed by atoms with van der Waals surface area (Å²) in [5, 5.41) is 14.0. The van der Waals surface area contributed by atoms with E-state index in [2.05, 4.69) is 31.3 Å². The third-order valence-corrected chi connectivity index (χ3v) is 6.08. The van der Waals surface area contributed by atoms with Crippen molar-refractivity contribution < 1.29 is 22.8 Å². The molecule has 0 aliphatic carbocycles. The number of halogens is 3. The average molecular weight is 531 g/mol. The van der Waals surface area contributed by atoms with Crippen LogP contribution in [0.4, 0.5) is 19.0 Å². The molecule has 3 aromatic rings. The van der Waals surface area contributed by atoms with Crippen LogP contribution in [0.15, 0.2) is 58.3 Å². The van der Waals surface area contributed by atoms with Crippen molar-refractivity contribution >= 4 is 28.4 Å². The second-order valence-electron chi connectivity index (χ2n) is 9.86. The van der Waals surface area contributed by atoms with Crippen LogP contribution in [0.2, 0.25) is 0 Å². The van der Waals surface area contributed by atoms with E-state index in [4.69, 9.17) is 4.84 Å². The molecule has 1 aromatic heterocycles. The number of nitrogens with one attached hydrogen (secondary N) is 4. The lowest BCUT2D eigenvalue weighted by molar-refractivity contribution is -0.137. The number of H-pyrrole nitrogens is 1. The largest absolute Gasteiger partial charge is 0.416 e. The van der Waals surface area contributed by atoms with Crippen LogP contribution in [0.3, 0.4) is 0 Å². The number of aromatic nitrogens is 2. The summed E-state index contributed by atoms with van der Waals surface area (Å²) in [5.74, 6) is 0.769. The number of amides is 1. The van der Waals surface area contributed by atoms with Crippen molar-refractivity contribution in [3.05, 3.63) is 70.0 Å². The van der Waals surface area contributed by atoms with Gasteiger partial charge in [-0.3, -0.25) is 9.59 Å². The lowest BCUT2D eigenvalue weighted by Crippen LogP contribution is -2.38. The van der Waals surface area contributed by atoms with Crippen molar-refractivity contribution in [3.8, 4) is 0 Å². The van der Waals surface area contributed by atoms with Gasteiger partial charge in [-0.25, -0.2) is 10.1 Å². The van der Waals surface area contributed by atoms with Gasteiger partial charge < -0.3 is 15.5 Å². The van der Waals surface area contributed by atoms with Crippen molar-refractivity contribution in [2.45, 2.75) is 45.5 Å².